The Balaban J connectivity index is 1.69. The Labute approximate surface area is 177 Å². The molecule has 1 aromatic heterocycles. The number of carbonyl (C=O) groups excluding carboxylic acids is 1. The Morgan fingerprint density at radius 1 is 0.935 bits per heavy atom. The molecule has 2 atom stereocenters. The second-order valence-corrected chi connectivity index (χ2v) is 7.48. The van der Waals surface area contributed by atoms with E-state index >= 15 is 0 Å². The van der Waals surface area contributed by atoms with Crippen molar-refractivity contribution in [2.45, 2.75) is 12.1 Å². The van der Waals surface area contributed by atoms with Gasteiger partial charge in [0.2, 0.25) is 5.76 Å². The highest BCUT2D eigenvalue weighted by atomic mass is 19.1. The number of rotatable bonds is 4. The number of benzene rings is 3. The van der Waals surface area contributed by atoms with Crippen LogP contribution in [0.25, 0.3) is 11.0 Å². The molecule has 3 aromatic carbocycles. The van der Waals surface area contributed by atoms with Crippen LogP contribution in [0.2, 0.25) is 0 Å². The Bertz CT molecular complexity index is 1350. The molecule has 0 spiro atoms. The second kappa shape index (κ2) is 7.49. The number of hydrogen-bond acceptors (Lipinski definition) is 4. The van der Waals surface area contributed by atoms with Gasteiger partial charge in [0.05, 0.1) is 29.6 Å². The van der Waals surface area contributed by atoms with Crippen LogP contribution >= 0.6 is 0 Å². The first-order valence-electron chi connectivity index (χ1n) is 9.90. The van der Waals surface area contributed by atoms with E-state index < -0.39 is 23.9 Å². The lowest BCUT2D eigenvalue weighted by Crippen LogP contribution is -2.34. The summed E-state index contributed by atoms with van der Waals surface area (Å²) in [7, 11) is 0. The van der Waals surface area contributed by atoms with Gasteiger partial charge in [-0.25, -0.2) is 4.39 Å². The average molecular weight is 415 g/mol. The van der Waals surface area contributed by atoms with E-state index in [1.807, 2.05) is 6.07 Å². The number of β-amino-alcohol motifs (C(OH)–C–C–N with tert-alkyl or cyclic N) is 1. The number of halogens is 1. The Morgan fingerprint density at radius 2 is 1.61 bits per heavy atom. The van der Waals surface area contributed by atoms with Gasteiger partial charge >= 0.3 is 0 Å². The molecule has 1 N–H and O–H groups in total. The Kier molecular flexibility index (Phi) is 4.64. The lowest BCUT2D eigenvalue weighted by molar-refractivity contribution is 0.0580. The maximum absolute atomic E-state index is 14.8. The molecule has 0 saturated heterocycles. The summed E-state index contributed by atoms with van der Waals surface area (Å²) in [6.45, 7) is -0.123. The van der Waals surface area contributed by atoms with E-state index in [9.17, 15) is 19.1 Å². The van der Waals surface area contributed by atoms with E-state index in [1.54, 1.807) is 66.7 Å². The van der Waals surface area contributed by atoms with E-state index in [2.05, 4.69) is 0 Å². The van der Waals surface area contributed by atoms with Gasteiger partial charge in [0.25, 0.3) is 5.91 Å². The summed E-state index contributed by atoms with van der Waals surface area (Å²) in [4.78, 5) is 28.0. The van der Waals surface area contributed by atoms with Crippen molar-refractivity contribution in [2.75, 3.05) is 6.54 Å². The monoisotopic (exact) mass is 415 g/mol. The van der Waals surface area contributed by atoms with Gasteiger partial charge in [-0.05, 0) is 23.8 Å². The topological polar surface area (TPSA) is 70.8 Å². The minimum Gasteiger partial charge on any atom is -0.450 e. The van der Waals surface area contributed by atoms with Crippen molar-refractivity contribution in [2.24, 2.45) is 0 Å². The predicted octanol–water partition coefficient (Wildman–Crippen LogP) is 4.21. The average Bonchev–Trinajstić information content (AvgIpc) is 3.06. The third-order valence-corrected chi connectivity index (χ3v) is 5.63. The summed E-state index contributed by atoms with van der Waals surface area (Å²) >= 11 is 0. The summed E-state index contributed by atoms with van der Waals surface area (Å²) in [6, 6.07) is 20.5. The quantitative estimate of drug-likeness (QED) is 0.542. The smallest absolute Gasteiger partial charge is 0.291 e. The van der Waals surface area contributed by atoms with Crippen LogP contribution in [0.15, 0.2) is 88.1 Å². The zero-order chi connectivity index (χ0) is 21.5. The lowest BCUT2D eigenvalue weighted by atomic mass is 9.97. The highest BCUT2D eigenvalue weighted by molar-refractivity contribution is 5.99. The van der Waals surface area contributed by atoms with Crippen molar-refractivity contribution in [3.63, 3.8) is 0 Å². The minimum atomic E-state index is -1.02. The van der Waals surface area contributed by atoms with E-state index in [1.165, 1.54) is 11.0 Å². The largest absolute Gasteiger partial charge is 0.450 e. The second-order valence-electron chi connectivity index (χ2n) is 7.48. The molecule has 0 fully saturated rings. The maximum Gasteiger partial charge on any atom is 0.291 e. The molecule has 5 nitrogen and oxygen atoms in total. The van der Waals surface area contributed by atoms with Gasteiger partial charge in [0, 0.05) is 5.56 Å². The van der Waals surface area contributed by atoms with Crippen LogP contribution < -0.4 is 5.43 Å². The molecule has 0 bridgehead atoms. The number of fused-ring (bicyclic) bond motifs is 2. The molecule has 0 aliphatic carbocycles. The Morgan fingerprint density at radius 3 is 2.39 bits per heavy atom. The van der Waals surface area contributed by atoms with Crippen molar-refractivity contribution in [1.82, 2.24) is 4.90 Å². The molecule has 1 amide bonds. The van der Waals surface area contributed by atoms with E-state index in [-0.39, 0.29) is 34.4 Å². The van der Waals surface area contributed by atoms with Gasteiger partial charge in [0.15, 0.2) is 5.43 Å². The number of hydrogen-bond donors (Lipinski definition) is 1. The molecule has 0 saturated carbocycles. The standard InChI is InChI=1S/C25H18FNO4/c26-18-12-6-4-10-16(18)22-21-23(29)17-11-5-7-13-20(17)31-24(21)25(30)27(22)14-19(28)15-8-2-1-3-9-15/h1-13,19,22,28H,14H2/t19-,22+/m1/s1. The molecular weight excluding hydrogens is 397 g/mol. The van der Waals surface area contributed by atoms with Crippen molar-refractivity contribution in [3.8, 4) is 0 Å². The van der Waals surface area contributed by atoms with Crippen LogP contribution in [-0.4, -0.2) is 22.5 Å². The number of amides is 1. The summed E-state index contributed by atoms with van der Waals surface area (Å²) in [6.07, 6.45) is -1.02. The van der Waals surface area contributed by atoms with Crippen molar-refractivity contribution < 1.29 is 18.7 Å². The molecule has 4 aromatic rings. The van der Waals surface area contributed by atoms with Crippen LogP contribution in [0.5, 0.6) is 0 Å². The molecule has 5 rings (SSSR count). The van der Waals surface area contributed by atoms with Gasteiger partial charge in [-0.2, -0.15) is 0 Å². The van der Waals surface area contributed by atoms with Gasteiger partial charge in [-0.1, -0.05) is 60.7 Å². The van der Waals surface area contributed by atoms with Gasteiger partial charge in [-0.3, -0.25) is 9.59 Å². The number of nitrogens with zero attached hydrogens (tertiary/aromatic N) is 1. The van der Waals surface area contributed by atoms with Gasteiger partial charge < -0.3 is 14.4 Å². The first kappa shape index (κ1) is 19.2. The fraction of sp³-hybridized carbons (Fsp3) is 0.120. The van der Waals surface area contributed by atoms with Crippen LogP contribution in [0.4, 0.5) is 4.39 Å². The van der Waals surface area contributed by atoms with E-state index in [4.69, 9.17) is 4.42 Å². The van der Waals surface area contributed by atoms with E-state index in [0.29, 0.717) is 10.9 Å². The highest BCUT2D eigenvalue weighted by Gasteiger charge is 2.44. The number of carbonyl (C=O) groups is 1. The fourth-order valence-corrected chi connectivity index (χ4v) is 4.14. The van der Waals surface area contributed by atoms with Gasteiger partial charge in [-0.15, -0.1) is 0 Å². The SMILES string of the molecule is O=C1c2oc3ccccc3c(=O)c2[C@H](c2ccccc2F)N1C[C@@H](O)c1ccccc1. The molecule has 0 unspecified atom stereocenters. The van der Waals surface area contributed by atoms with Crippen molar-refractivity contribution in [1.29, 1.82) is 0 Å². The van der Waals surface area contributed by atoms with Crippen LogP contribution in [0.1, 0.15) is 39.4 Å². The number of aliphatic hydroxyl groups is 1. The normalized spacial score (nSPS) is 16.5. The summed E-state index contributed by atoms with van der Waals surface area (Å²) in [5.41, 5.74) is 0.794. The first-order valence-corrected chi connectivity index (χ1v) is 9.90. The fourth-order valence-electron chi connectivity index (χ4n) is 4.14. The number of para-hydroxylation sites is 1. The Hall–Kier alpha value is -3.77. The third kappa shape index (κ3) is 3.12. The van der Waals surface area contributed by atoms with Crippen LogP contribution in [0, 0.1) is 5.82 Å². The highest BCUT2D eigenvalue weighted by Crippen LogP contribution is 2.40. The molecule has 6 heteroatoms. The number of aliphatic hydroxyl groups excluding tert-OH is 1. The molecule has 1 aliphatic heterocycles. The van der Waals surface area contributed by atoms with Gasteiger partial charge in [0.1, 0.15) is 11.4 Å². The summed E-state index contributed by atoms with van der Waals surface area (Å²) < 4.78 is 20.6. The minimum absolute atomic E-state index is 0.0917. The first-order chi connectivity index (χ1) is 15.1. The molecule has 0 radical (unpaired) electrons. The summed E-state index contributed by atoms with van der Waals surface area (Å²) in [5, 5.41) is 11.1. The zero-order valence-corrected chi connectivity index (χ0v) is 16.4. The maximum atomic E-state index is 14.8. The lowest BCUT2D eigenvalue weighted by Gasteiger charge is -2.27. The van der Waals surface area contributed by atoms with Crippen molar-refractivity contribution in [3.05, 3.63) is 117 Å². The van der Waals surface area contributed by atoms with E-state index in [0.717, 1.165) is 0 Å². The summed E-state index contributed by atoms with van der Waals surface area (Å²) in [5.74, 6) is -1.21. The zero-order valence-electron chi connectivity index (χ0n) is 16.4. The molecule has 1 aliphatic rings. The third-order valence-electron chi connectivity index (χ3n) is 5.63. The molecule has 31 heavy (non-hydrogen) atoms. The predicted molar refractivity (Wildman–Crippen MR) is 113 cm³/mol. The van der Waals surface area contributed by atoms with Crippen molar-refractivity contribution >= 4 is 16.9 Å². The van der Waals surface area contributed by atoms with Crippen LogP contribution in [0.3, 0.4) is 0 Å². The molecule has 154 valence electrons. The van der Waals surface area contributed by atoms with Crippen LogP contribution in [-0.2, 0) is 0 Å². The molecule has 2 heterocycles. The molecular formula is C25H18FNO4.